The van der Waals surface area contributed by atoms with Crippen molar-refractivity contribution in [3.8, 4) is 17.6 Å². The van der Waals surface area contributed by atoms with E-state index >= 15 is 0 Å². The molecular weight excluding hydrogens is 250 g/mol. The minimum Gasteiger partial charge on any atom is -0.492 e. The normalized spacial score (nSPS) is 9.95. The van der Waals surface area contributed by atoms with Gasteiger partial charge in [-0.3, -0.25) is 0 Å². The van der Waals surface area contributed by atoms with E-state index in [1.165, 1.54) is 5.69 Å². The molecule has 2 aromatic rings. The van der Waals surface area contributed by atoms with Crippen molar-refractivity contribution in [1.29, 1.82) is 0 Å². The highest BCUT2D eigenvalue weighted by atomic mass is 16.5. The van der Waals surface area contributed by atoms with Crippen LogP contribution in [0.4, 0.5) is 0 Å². The van der Waals surface area contributed by atoms with Crippen molar-refractivity contribution in [2.75, 3.05) is 13.2 Å². The number of hydrogen-bond acceptors (Lipinski definition) is 3. The van der Waals surface area contributed by atoms with Crippen LogP contribution in [0.2, 0.25) is 0 Å². The van der Waals surface area contributed by atoms with Gasteiger partial charge in [0.2, 0.25) is 0 Å². The largest absolute Gasteiger partial charge is 0.492 e. The first kappa shape index (κ1) is 14.2. The second kappa shape index (κ2) is 6.78. The maximum atomic E-state index is 5.75. The first-order chi connectivity index (χ1) is 9.70. The van der Waals surface area contributed by atoms with Crippen molar-refractivity contribution < 1.29 is 4.74 Å². The molecular formula is C16H19N3O. The standard InChI is InChI=1S/C16H19N3O/c1-13-14(2)19(12-18-13)9-10-20-16-7-3-5-15(11-16)6-4-8-17/h3,5,7,11-12H,8-10,17H2,1-2H3. The first-order valence-electron chi connectivity index (χ1n) is 6.61. The van der Waals surface area contributed by atoms with Gasteiger partial charge in [-0.2, -0.15) is 0 Å². The summed E-state index contributed by atoms with van der Waals surface area (Å²) in [6.07, 6.45) is 1.84. The third-order valence-electron chi connectivity index (χ3n) is 3.11. The second-order valence-electron chi connectivity index (χ2n) is 4.49. The summed E-state index contributed by atoms with van der Waals surface area (Å²) in [5.74, 6) is 6.65. The number of aryl methyl sites for hydroxylation is 1. The predicted molar refractivity (Wildman–Crippen MR) is 79.6 cm³/mol. The Kier molecular flexibility index (Phi) is 4.80. The van der Waals surface area contributed by atoms with Gasteiger partial charge in [0.05, 0.1) is 25.1 Å². The van der Waals surface area contributed by atoms with Gasteiger partial charge in [0.1, 0.15) is 12.4 Å². The smallest absolute Gasteiger partial charge is 0.120 e. The van der Waals surface area contributed by atoms with Gasteiger partial charge in [-0.05, 0) is 32.0 Å². The van der Waals surface area contributed by atoms with Crippen LogP contribution < -0.4 is 10.5 Å². The second-order valence-corrected chi connectivity index (χ2v) is 4.49. The van der Waals surface area contributed by atoms with Gasteiger partial charge in [-0.25, -0.2) is 4.98 Å². The summed E-state index contributed by atoms with van der Waals surface area (Å²) in [5.41, 5.74) is 8.52. The Morgan fingerprint density at radius 3 is 2.90 bits per heavy atom. The highest BCUT2D eigenvalue weighted by Crippen LogP contribution is 2.13. The van der Waals surface area contributed by atoms with Crippen molar-refractivity contribution in [2.24, 2.45) is 5.73 Å². The summed E-state index contributed by atoms with van der Waals surface area (Å²) in [6.45, 7) is 5.82. The monoisotopic (exact) mass is 269 g/mol. The Balaban J connectivity index is 1.92. The molecule has 0 atom stereocenters. The molecule has 104 valence electrons. The van der Waals surface area contributed by atoms with Crippen LogP contribution in [0.1, 0.15) is 17.0 Å². The minimum atomic E-state index is 0.365. The third kappa shape index (κ3) is 3.62. The van der Waals surface area contributed by atoms with Crippen LogP contribution in [-0.2, 0) is 6.54 Å². The van der Waals surface area contributed by atoms with Crippen LogP contribution in [0.15, 0.2) is 30.6 Å². The fourth-order valence-electron chi connectivity index (χ4n) is 1.85. The Morgan fingerprint density at radius 2 is 2.20 bits per heavy atom. The van der Waals surface area contributed by atoms with Gasteiger partial charge in [-0.1, -0.05) is 17.9 Å². The van der Waals surface area contributed by atoms with E-state index in [4.69, 9.17) is 10.5 Å². The highest BCUT2D eigenvalue weighted by molar-refractivity contribution is 5.39. The van der Waals surface area contributed by atoms with Gasteiger partial charge in [0, 0.05) is 11.3 Å². The maximum absolute atomic E-state index is 5.75. The van der Waals surface area contributed by atoms with E-state index in [9.17, 15) is 0 Å². The first-order valence-corrected chi connectivity index (χ1v) is 6.61. The lowest BCUT2D eigenvalue weighted by atomic mass is 10.2. The number of nitrogens with zero attached hydrogens (tertiary/aromatic N) is 2. The summed E-state index contributed by atoms with van der Waals surface area (Å²) in [4.78, 5) is 4.27. The fourth-order valence-corrected chi connectivity index (χ4v) is 1.85. The van der Waals surface area contributed by atoms with Crippen molar-refractivity contribution in [3.63, 3.8) is 0 Å². The van der Waals surface area contributed by atoms with Crippen LogP contribution in [0.5, 0.6) is 5.75 Å². The molecule has 0 spiro atoms. The number of ether oxygens (including phenoxy) is 1. The molecule has 1 aromatic heterocycles. The number of hydrogen-bond donors (Lipinski definition) is 1. The average Bonchev–Trinajstić information content (AvgIpc) is 2.78. The van der Waals surface area contributed by atoms with Crippen molar-refractivity contribution in [3.05, 3.63) is 47.5 Å². The summed E-state index contributed by atoms with van der Waals surface area (Å²) < 4.78 is 7.84. The zero-order valence-corrected chi connectivity index (χ0v) is 11.9. The Morgan fingerprint density at radius 1 is 1.35 bits per heavy atom. The molecule has 20 heavy (non-hydrogen) atoms. The molecule has 0 aliphatic rings. The molecule has 0 aliphatic heterocycles. The molecule has 4 heteroatoms. The average molecular weight is 269 g/mol. The van der Waals surface area contributed by atoms with Gasteiger partial charge in [0.25, 0.3) is 0 Å². The van der Waals surface area contributed by atoms with E-state index < -0.39 is 0 Å². The van der Waals surface area contributed by atoms with Crippen LogP contribution in [0.25, 0.3) is 0 Å². The van der Waals surface area contributed by atoms with Crippen LogP contribution in [0, 0.1) is 25.7 Å². The Hall–Kier alpha value is -2.25. The predicted octanol–water partition coefficient (Wildman–Crippen LogP) is 1.89. The number of rotatable bonds is 4. The van der Waals surface area contributed by atoms with Gasteiger partial charge in [-0.15, -0.1) is 0 Å². The molecule has 0 saturated carbocycles. The Labute approximate surface area is 119 Å². The SMILES string of the molecule is Cc1ncn(CCOc2cccc(C#CCN)c2)c1C. The van der Waals surface area contributed by atoms with E-state index in [0.29, 0.717) is 13.2 Å². The molecule has 2 rings (SSSR count). The molecule has 2 N–H and O–H groups in total. The van der Waals surface area contributed by atoms with Crippen molar-refractivity contribution in [1.82, 2.24) is 9.55 Å². The van der Waals surface area contributed by atoms with Crippen LogP contribution in [0.3, 0.4) is 0 Å². The van der Waals surface area contributed by atoms with Gasteiger partial charge < -0.3 is 15.0 Å². The molecule has 1 aromatic carbocycles. The number of imidazole rings is 1. The van der Waals surface area contributed by atoms with Crippen molar-refractivity contribution in [2.45, 2.75) is 20.4 Å². The van der Waals surface area contributed by atoms with Gasteiger partial charge in [0.15, 0.2) is 0 Å². The van der Waals surface area contributed by atoms with Crippen LogP contribution in [-0.4, -0.2) is 22.7 Å². The topological polar surface area (TPSA) is 53.1 Å². The number of aromatic nitrogens is 2. The minimum absolute atomic E-state index is 0.365. The zero-order valence-electron chi connectivity index (χ0n) is 11.9. The van der Waals surface area contributed by atoms with E-state index in [1.54, 1.807) is 0 Å². The maximum Gasteiger partial charge on any atom is 0.120 e. The lowest BCUT2D eigenvalue weighted by molar-refractivity contribution is 0.297. The number of nitrogens with two attached hydrogens (primary N) is 1. The highest BCUT2D eigenvalue weighted by Gasteiger charge is 2.02. The molecule has 0 unspecified atom stereocenters. The summed E-state index contributed by atoms with van der Waals surface area (Å²) in [5, 5.41) is 0. The lowest BCUT2D eigenvalue weighted by Gasteiger charge is -2.08. The number of benzene rings is 1. The van der Waals surface area contributed by atoms with Crippen LogP contribution >= 0.6 is 0 Å². The molecule has 0 saturated heterocycles. The Bertz CT molecular complexity index is 635. The molecule has 1 heterocycles. The zero-order chi connectivity index (χ0) is 14.4. The quantitative estimate of drug-likeness (QED) is 0.862. The van der Waals surface area contributed by atoms with Crippen molar-refractivity contribution >= 4 is 0 Å². The fraction of sp³-hybridized carbons (Fsp3) is 0.312. The lowest BCUT2D eigenvalue weighted by Crippen LogP contribution is -2.08. The molecule has 0 radical (unpaired) electrons. The third-order valence-corrected chi connectivity index (χ3v) is 3.11. The molecule has 0 amide bonds. The summed E-state index contributed by atoms with van der Waals surface area (Å²) >= 11 is 0. The molecule has 0 aliphatic carbocycles. The van der Waals surface area contributed by atoms with E-state index in [-0.39, 0.29) is 0 Å². The van der Waals surface area contributed by atoms with E-state index in [0.717, 1.165) is 23.6 Å². The molecule has 4 nitrogen and oxygen atoms in total. The van der Waals surface area contributed by atoms with E-state index in [1.807, 2.05) is 37.5 Å². The molecule has 0 bridgehead atoms. The summed E-state index contributed by atoms with van der Waals surface area (Å²) in [6, 6.07) is 7.73. The molecule has 0 fully saturated rings. The summed E-state index contributed by atoms with van der Waals surface area (Å²) in [7, 11) is 0. The van der Waals surface area contributed by atoms with E-state index in [2.05, 4.69) is 28.3 Å². The van der Waals surface area contributed by atoms with Gasteiger partial charge >= 0.3 is 0 Å².